The molecule has 0 bridgehead atoms. The standard InChI is InChI=1S/C65H108O/c1-53(2)27-15-28-54(3)29-16-30-55(4)31-17-32-56(5)33-18-34-57(6)35-19-36-58(7)37-20-38-59(8)39-21-40-60(9)41-22-42-61(10)43-23-44-62(11)45-24-46-63(12)47-25-48-64(13)49-26-50-65(14)51-52-66/h27,29,31,33,35,37,39,41,43,45,47,49,65-66H,15-26,28,30,32,34,36,38,40,42,44,46,48,50-52H2,1-14H3/b54-29+,55-31+,56-33-,57-35-,58-37-,59-39-,60-41-,61-43-,62-45-,63-47-,64-49-. The number of aliphatic hydroxyl groups excluding tert-OH is 1. The maximum atomic E-state index is 9.08. The average molecular weight is 906 g/mol. The van der Waals surface area contributed by atoms with Gasteiger partial charge in [0.25, 0.3) is 0 Å². The molecule has 0 heterocycles. The van der Waals surface area contributed by atoms with Gasteiger partial charge in [-0.3, -0.25) is 0 Å². The number of hydrogen-bond acceptors (Lipinski definition) is 1. The van der Waals surface area contributed by atoms with E-state index in [1.807, 2.05) is 0 Å². The minimum atomic E-state index is 0.310. The molecule has 0 fully saturated rings. The van der Waals surface area contributed by atoms with Gasteiger partial charge in [-0.25, -0.2) is 0 Å². The van der Waals surface area contributed by atoms with Crippen LogP contribution in [0.2, 0.25) is 0 Å². The summed E-state index contributed by atoms with van der Waals surface area (Å²) in [6.07, 6.45) is 58.2. The Morgan fingerprint density at radius 3 is 0.591 bits per heavy atom. The van der Waals surface area contributed by atoms with Gasteiger partial charge in [-0.15, -0.1) is 0 Å². The molecule has 1 nitrogen and oxygen atoms in total. The van der Waals surface area contributed by atoms with Gasteiger partial charge in [0, 0.05) is 6.61 Å². The van der Waals surface area contributed by atoms with Crippen LogP contribution in [0, 0.1) is 5.92 Å². The summed E-state index contributed by atoms with van der Waals surface area (Å²) < 4.78 is 0. The Kier molecular flexibility index (Phi) is 40.0. The van der Waals surface area contributed by atoms with Gasteiger partial charge in [-0.1, -0.05) is 147 Å². The smallest absolute Gasteiger partial charge is 0.0433 e. The van der Waals surface area contributed by atoms with Crippen molar-refractivity contribution >= 4 is 0 Å². The molecule has 0 saturated carbocycles. The molecule has 0 aliphatic rings. The highest BCUT2D eigenvalue weighted by Gasteiger charge is 2.01. The number of allylic oxidation sites excluding steroid dienone is 24. The third kappa shape index (κ3) is 42.2. The Morgan fingerprint density at radius 1 is 0.258 bits per heavy atom. The second-order valence-corrected chi connectivity index (χ2v) is 21.0. The van der Waals surface area contributed by atoms with E-state index >= 15 is 0 Å². The fourth-order valence-electron chi connectivity index (χ4n) is 8.15. The summed E-state index contributed by atoms with van der Waals surface area (Å²) >= 11 is 0. The van der Waals surface area contributed by atoms with Crippen molar-refractivity contribution in [2.24, 2.45) is 5.92 Å². The van der Waals surface area contributed by atoms with Crippen LogP contribution in [0.5, 0.6) is 0 Å². The fraction of sp³-hybridized carbons (Fsp3) is 0.631. The summed E-state index contributed by atoms with van der Waals surface area (Å²) in [5.41, 5.74) is 18.2. The molecule has 0 aromatic heterocycles. The molecular formula is C65H108O. The van der Waals surface area contributed by atoms with Crippen molar-refractivity contribution in [1.29, 1.82) is 0 Å². The van der Waals surface area contributed by atoms with Crippen molar-refractivity contribution in [3.8, 4) is 0 Å². The van der Waals surface area contributed by atoms with Crippen LogP contribution >= 0.6 is 0 Å². The van der Waals surface area contributed by atoms with E-state index in [1.165, 1.54) is 150 Å². The molecule has 1 atom stereocenters. The third-order valence-electron chi connectivity index (χ3n) is 13.2. The van der Waals surface area contributed by atoms with Crippen LogP contribution in [0.3, 0.4) is 0 Å². The molecule has 0 aromatic rings. The Hall–Kier alpha value is -3.16. The molecule has 66 heavy (non-hydrogen) atoms. The van der Waals surface area contributed by atoms with Crippen LogP contribution in [0.15, 0.2) is 140 Å². The molecule has 0 spiro atoms. The largest absolute Gasteiger partial charge is 0.396 e. The van der Waals surface area contributed by atoms with Crippen LogP contribution < -0.4 is 0 Å². The monoisotopic (exact) mass is 905 g/mol. The maximum Gasteiger partial charge on any atom is 0.0433 e. The second-order valence-electron chi connectivity index (χ2n) is 21.0. The lowest BCUT2D eigenvalue weighted by Crippen LogP contribution is -1.97. The number of rotatable bonds is 38. The summed E-state index contributed by atoms with van der Waals surface area (Å²) in [5.74, 6) is 0.614. The second kappa shape index (κ2) is 42.0. The quantitative estimate of drug-likeness (QED) is 0.0612. The van der Waals surface area contributed by atoms with Crippen LogP contribution in [-0.2, 0) is 0 Å². The van der Waals surface area contributed by atoms with Gasteiger partial charge >= 0.3 is 0 Å². The highest BCUT2D eigenvalue weighted by molar-refractivity contribution is 5.12. The summed E-state index contributed by atoms with van der Waals surface area (Å²) in [7, 11) is 0. The van der Waals surface area contributed by atoms with Crippen molar-refractivity contribution in [2.75, 3.05) is 6.61 Å². The number of aliphatic hydroxyl groups is 1. The van der Waals surface area contributed by atoms with Crippen LogP contribution in [0.25, 0.3) is 0 Å². The molecule has 0 saturated heterocycles. The normalized spacial score (nSPS) is 15.3. The summed E-state index contributed by atoms with van der Waals surface area (Å²) in [6, 6.07) is 0. The summed E-state index contributed by atoms with van der Waals surface area (Å²) in [5, 5.41) is 9.08. The van der Waals surface area contributed by atoms with E-state index < -0.39 is 0 Å². The average Bonchev–Trinajstić information content (AvgIpc) is 3.23. The van der Waals surface area contributed by atoms with Gasteiger partial charge in [0.2, 0.25) is 0 Å². The first kappa shape index (κ1) is 62.8. The molecule has 0 aliphatic heterocycles. The van der Waals surface area contributed by atoms with Gasteiger partial charge in [0.05, 0.1) is 0 Å². The zero-order valence-corrected chi connectivity index (χ0v) is 46.3. The van der Waals surface area contributed by atoms with Crippen molar-refractivity contribution in [2.45, 2.75) is 257 Å². The van der Waals surface area contributed by atoms with E-state index in [9.17, 15) is 0 Å². The van der Waals surface area contributed by atoms with Crippen molar-refractivity contribution in [3.63, 3.8) is 0 Å². The van der Waals surface area contributed by atoms with Crippen LogP contribution in [0.4, 0.5) is 0 Å². The topological polar surface area (TPSA) is 20.2 Å². The van der Waals surface area contributed by atoms with Gasteiger partial charge < -0.3 is 5.11 Å². The van der Waals surface area contributed by atoms with E-state index in [1.54, 1.807) is 0 Å². The van der Waals surface area contributed by atoms with Crippen molar-refractivity contribution < 1.29 is 5.11 Å². The van der Waals surface area contributed by atoms with Gasteiger partial charge in [-0.05, 0) is 256 Å². The minimum absolute atomic E-state index is 0.310. The fourth-order valence-corrected chi connectivity index (χ4v) is 8.15. The van der Waals surface area contributed by atoms with Crippen LogP contribution in [-0.4, -0.2) is 11.7 Å². The van der Waals surface area contributed by atoms with E-state index in [0.717, 1.165) is 77.0 Å². The lowest BCUT2D eigenvalue weighted by atomic mass is 10.0. The summed E-state index contributed by atoms with van der Waals surface area (Å²) in [4.78, 5) is 0. The van der Waals surface area contributed by atoms with E-state index in [0.29, 0.717) is 12.5 Å². The first-order valence-corrected chi connectivity index (χ1v) is 27.0. The first-order valence-electron chi connectivity index (χ1n) is 27.0. The maximum absolute atomic E-state index is 9.08. The van der Waals surface area contributed by atoms with E-state index in [2.05, 4.69) is 170 Å². The molecule has 0 aromatic carbocycles. The van der Waals surface area contributed by atoms with E-state index in [4.69, 9.17) is 5.11 Å². The molecule has 374 valence electrons. The zero-order chi connectivity index (χ0) is 49.4. The Labute approximate surface area is 413 Å². The Balaban J connectivity index is 4.28. The lowest BCUT2D eigenvalue weighted by molar-refractivity contribution is 0.259. The molecule has 0 radical (unpaired) electrons. The molecule has 0 amide bonds. The third-order valence-corrected chi connectivity index (χ3v) is 13.2. The predicted molar refractivity (Wildman–Crippen MR) is 302 cm³/mol. The van der Waals surface area contributed by atoms with E-state index in [-0.39, 0.29) is 0 Å². The molecule has 1 heteroatoms. The van der Waals surface area contributed by atoms with Crippen LogP contribution in [0.1, 0.15) is 257 Å². The molecule has 1 unspecified atom stereocenters. The van der Waals surface area contributed by atoms with Crippen molar-refractivity contribution in [1.82, 2.24) is 0 Å². The van der Waals surface area contributed by atoms with Gasteiger partial charge in [0.1, 0.15) is 0 Å². The lowest BCUT2D eigenvalue weighted by Gasteiger charge is -2.07. The summed E-state index contributed by atoms with van der Waals surface area (Å²) in [6.45, 7) is 32.2. The molecular weight excluding hydrogens is 797 g/mol. The Bertz CT molecular complexity index is 1670. The Morgan fingerprint density at radius 2 is 0.424 bits per heavy atom. The van der Waals surface area contributed by atoms with Crippen molar-refractivity contribution in [3.05, 3.63) is 140 Å². The highest BCUT2D eigenvalue weighted by atomic mass is 16.3. The zero-order valence-electron chi connectivity index (χ0n) is 46.3. The first-order chi connectivity index (χ1) is 31.5. The number of hydrogen-bond donors (Lipinski definition) is 1. The SMILES string of the molecule is CC(C)=CCC/C(C)=C/CC/C(C)=C/CC/C(C)=C\CC/C(C)=C\CC/C(C)=C\CC/C(C)=C\CC/C(C)=C\CC/C(C)=C\CC/C(C)=C\CC/C(C)=C\CC/C(C)=C\CCC(C)CCO. The highest BCUT2D eigenvalue weighted by Crippen LogP contribution is 2.20. The minimum Gasteiger partial charge on any atom is -0.396 e. The van der Waals surface area contributed by atoms with Gasteiger partial charge in [-0.2, -0.15) is 0 Å². The predicted octanol–water partition coefficient (Wildman–Crippen LogP) is 21.7. The molecule has 0 rings (SSSR count). The molecule has 0 aliphatic carbocycles. The molecule has 1 N–H and O–H groups in total. The van der Waals surface area contributed by atoms with Gasteiger partial charge in [0.15, 0.2) is 0 Å².